The molecule has 11 heteroatoms. The number of anilines is 1. The van der Waals surface area contributed by atoms with Gasteiger partial charge in [-0.05, 0) is 51.5 Å². The van der Waals surface area contributed by atoms with Crippen LogP contribution < -0.4 is 5.32 Å². The van der Waals surface area contributed by atoms with Crippen molar-refractivity contribution >= 4 is 51.8 Å². The molecule has 0 saturated carbocycles. The van der Waals surface area contributed by atoms with E-state index in [-0.39, 0.29) is 11.8 Å². The Labute approximate surface area is 212 Å². The third-order valence-electron chi connectivity index (χ3n) is 5.06. The van der Waals surface area contributed by atoms with Crippen molar-refractivity contribution in [1.29, 1.82) is 0 Å². The molecule has 3 aromatic heterocycles. The number of halogens is 2. The van der Waals surface area contributed by atoms with E-state index >= 15 is 0 Å². The number of carbonyl (C=O) groups excluding carboxylic acids is 2. The summed E-state index contributed by atoms with van der Waals surface area (Å²) >= 11 is 12.2. The number of ether oxygens (including phenoxy) is 1. The number of hydrogen-bond acceptors (Lipinski definition) is 6. The lowest BCUT2D eigenvalue weighted by Crippen LogP contribution is -2.27. The van der Waals surface area contributed by atoms with Crippen LogP contribution in [0.15, 0.2) is 36.8 Å². The van der Waals surface area contributed by atoms with Crippen LogP contribution in [0.25, 0.3) is 33.4 Å². The Morgan fingerprint density at radius 2 is 1.91 bits per heavy atom. The van der Waals surface area contributed by atoms with E-state index in [0.29, 0.717) is 38.6 Å². The first-order valence-corrected chi connectivity index (χ1v) is 11.7. The number of nitrogens with zero attached hydrogens (tertiary/aromatic N) is 5. The van der Waals surface area contributed by atoms with Gasteiger partial charge in [0.05, 0.1) is 28.6 Å². The average molecular weight is 515 g/mol. The minimum absolute atomic E-state index is 0.157. The van der Waals surface area contributed by atoms with Crippen LogP contribution >= 0.6 is 23.2 Å². The number of aryl methyl sites for hydroxylation is 2. The molecule has 0 unspecified atom stereocenters. The molecular weight excluding hydrogens is 491 g/mol. The maximum atomic E-state index is 12.9. The first kappa shape index (κ1) is 24.7. The van der Waals surface area contributed by atoms with Gasteiger partial charge in [0, 0.05) is 35.4 Å². The Bertz CT molecular complexity index is 1430. The van der Waals surface area contributed by atoms with E-state index in [1.807, 2.05) is 19.2 Å². The third kappa shape index (κ3) is 5.16. The predicted octanol–water partition coefficient (Wildman–Crippen LogP) is 5.42. The van der Waals surface area contributed by atoms with Crippen LogP contribution in [0.5, 0.6) is 0 Å². The quantitative estimate of drug-likeness (QED) is 0.364. The number of rotatable bonds is 4. The summed E-state index contributed by atoms with van der Waals surface area (Å²) in [6, 6.07) is 5.27. The van der Waals surface area contributed by atoms with Gasteiger partial charge in [0.2, 0.25) is 5.91 Å². The van der Waals surface area contributed by atoms with E-state index in [4.69, 9.17) is 27.9 Å². The Balaban J connectivity index is 1.87. The number of hydrogen-bond donors (Lipinski definition) is 1. The molecule has 0 aliphatic heterocycles. The Morgan fingerprint density at radius 3 is 2.51 bits per heavy atom. The molecule has 9 nitrogen and oxygen atoms in total. The third-order valence-corrected chi connectivity index (χ3v) is 5.60. The summed E-state index contributed by atoms with van der Waals surface area (Å²) in [4.78, 5) is 29.1. The molecule has 3 heterocycles. The van der Waals surface area contributed by atoms with Gasteiger partial charge in [0.15, 0.2) is 0 Å². The molecule has 0 bridgehead atoms. The van der Waals surface area contributed by atoms with Crippen LogP contribution in [-0.4, -0.2) is 48.0 Å². The molecule has 0 radical (unpaired) electrons. The zero-order valence-corrected chi connectivity index (χ0v) is 21.4. The topological polar surface area (TPSA) is 104 Å². The minimum Gasteiger partial charge on any atom is -0.442 e. The van der Waals surface area contributed by atoms with Crippen molar-refractivity contribution < 1.29 is 14.3 Å². The van der Waals surface area contributed by atoms with Gasteiger partial charge in [0.25, 0.3) is 0 Å². The van der Waals surface area contributed by atoms with Crippen molar-refractivity contribution in [3.05, 3.63) is 47.4 Å². The average Bonchev–Trinajstić information content (AvgIpc) is 3.35. The molecule has 1 N–H and O–H groups in total. The SMILES string of the molecule is Cc1cc(NC(=O)CCl)cc(Cl)c1-c1cc2c(-c3cnn(C)c3)nn(C(=O)OC(C)(C)C)c2cn1. The van der Waals surface area contributed by atoms with Gasteiger partial charge in [-0.3, -0.25) is 14.5 Å². The lowest BCUT2D eigenvalue weighted by Gasteiger charge is -2.19. The Hall–Kier alpha value is -3.43. The molecule has 182 valence electrons. The van der Waals surface area contributed by atoms with Crippen LogP contribution in [0.2, 0.25) is 5.02 Å². The van der Waals surface area contributed by atoms with Crippen LogP contribution in [0.3, 0.4) is 0 Å². The van der Waals surface area contributed by atoms with Crippen molar-refractivity contribution in [1.82, 2.24) is 24.5 Å². The van der Waals surface area contributed by atoms with Crippen molar-refractivity contribution in [2.45, 2.75) is 33.3 Å². The molecule has 0 fully saturated rings. The van der Waals surface area contributed by atoms with E-state index in [9.17, 15) is 9.59 Å². The number of pyridine rings is 1. The highest BCUT2D eigenvalue weighted by molar-refractivity contribution is 6.34. The lowest BCUT2D eigenvalue weighted by atomic mass is 10.0. The second-order valence-corrected chi connectivity index (χ2v) is 9.74. The fourth-order valence-electron chi connectivity index (χ4n) is 3.69. The van der Waals surface area contributed by atoms with Gasteiger partial charge in [-0.2, -0.15) is 14.9 Å². The highest BCUT2D eigenvalue weighted by Gasteiger charge is 2.24. The summed E-state index contributed by atoms with van der Waals surface area (Å²) in [6.07, 6.45) is 4.45. The number of nitrogens with one attached hydrogen (secondary N) is 1. The molecule has 0 aliphatic carbocycles. The van der Waals surface area contributed by atoms with Gasteiger partial charge in [-0.1, -0.05) is 11.6 Å². The van der Waals surface area contributed by atoms with Crippen LogP contribution in [0, 0.1) is 6.92 Å². The van der Waals surface area contributed by atoms with Crippen LogP contribution in [0.1, 0.15) is 26.3 Å². The van der Waals surface area contributed by atoms with E-state index in [2.05, 4.69) is 20.5 Å². The number of fused-ring (bicyclic) bond motifs is 1. The van der Waals surface area contributed by atoms with Crippen molar-refractivity contribution in [2.75, 3.05) is 11.2 Å². The first-order chi connectivity index (χ1) is 16.5. The molecule has 1 amide bonds. The smallest absolute Gasteiger partial charge is 0.435 e. The zero-order chi connectivity index (χ0) is 25.5. The maximum absolute atomic E-state index is 12.9. The van der Waals surface area contributed by atoms with Crippen molar-refractivity contribution in [3.8, 4) is 22.5 Å². The highest BCUT2D eigenvalue weighted by atomic mass is 35.5. The van der Waals surface area contributed by atoms with Crippen molar-refractivity contribution in [3.63, 3.8) is 0 Å². The molecule has 0 atom stereocenters. The molecule has 0 aliphatic rings. The molecule has 0 saturated heterocycles. The summed E-state index contributed by atoms with van der Waals surface area (Å²) in [5, 5.41) is 12.6. The molecule has 4 aromatic rings. The minimum atomic E-state index is -0.692. The first-order valence-electron chi connectivity index (χ1n) is 10.7. The van der Waals surface area contributed by atoms with Gasteiger partial charge >= 0.3 is 6.09 Å². The van der Waals surface area contributed by atoms with Crippen LogP contribution in [0.4, 0.5) is 10.5 Å². The molecular formula is C24H24Cl2N6O3. The van der Waals surface area contributed by atoms with Crippen LogP contribution in [-0.2, 0) is 16.6 Å². The number of alkyl halides is 1. The zero-order valence-electron chi connectivity index (χ0n) is 19.9. The lowest BCUT2D eigenvalue weighted by molar-refractivity contribution is -0.113. The Kier molecular flexibility index (Phi) is 6.57. The fraction of sp³-hybridized carbons (Fsp3) is 0.292. The Morgan fingerprint density at radius 1 is 1.17 bits per heavy atom. The fourth-order valence-corrected chi connectivity index (χ4v) is 4.12. The number of benzene rings is 1. The summed E-state index contributed by atoms with van der Waals surface area (Å²) in [6.45, 7) is 7.24. The predicted molar refractivity (Wildman–Crippen MR) is 136 cm³/mol. The normalized spacial score (nSPS) is 11.6. The second-order valence-electron chi connectivity index (χ2n) is 9.06. The van der Waals surface area contributed by atoms with E-state index in [0.717, 1.165) is 11.1 Å². The van der Waals surface area contributed by atoms with E-state index < -0.39 is 11.7 Å². The number of aromatic nitrogens is 5. The number of carbonyl (C=O) groups is 2. The summed E-state index contributed by atoms with van der Waals surface area (Å²) in [5.74, 6) is -0.486. The summed E-state index contributed by atoms with van der Waals surface area (Å²) in [7, 11) is 1.80. The van der Waals surface area contributed by atoms with Gasteiger partial charge < -0.3 is 10.1 Å². The number of amides is 1. The van der Waals surface area contributed by atoms with Gasteiger partial charge in [-0.15, -0.1) is 11.6 Å². The highest BCUT2D eigenvalue weighted by Crippen LogP contribution is 2.36. The standard InChI is InChI=1S/C24H24Cl2N6O3/c1-13-6-15(29-20(33)9-25)7-17(26)21(13)18-8-16-19(11-27-18)32(23(34)35-24(2,3)4)30-22(16)14-10-28-31(5)12-14/h6-8,10-12H,9H2,1-5H3,(H,29,33). The van der Waals surface area contributed by atoms with Crippen molar-refractivity contribution in [2.24, 2.45) is 7.05 Å². The largest absolute Gasteiger partial charge is 0.442 e. The molecule has 4 rings (SSSR count). The van der Waals surface area contributed by atoms with E-state index in [1.54, 1.807) is 57.0 Å². The monoisotopic (exact) mass is 514 g/mol. The molecule has 0 spiro atoms. The molecule has 35 heavy (non-hydrogen) atoms. The second kappa shape index (κ2) is 9.31. The summed E-state index contributed by atoms with van der Waals surface area (Å²) in [5.41, 5.74) is 3.71. The van der Waals surface area contributed by atoms with E-state index in [1.165, 1.54) is 4.68 Å². The maximum Gasteiger partial charge on any atom is 0.435 e. The summed E-state index contributed by atoms with van der Waals surface area (Å²) < 4.78 is 8.41. The molecule has 1 aromatic carbocycles. The van der Waals surface area contributed by atoms with Gasteiger partial charge in [-0.25, -0.2) is 4.79 Å². The van der Waals surface area contributed by atoms with Gasteiger partial charge in [0.1, 0.15) is 17.2 Å².